The van der Waals surface area contributed by atoms with E-state index in [1.54, 1.807) is 11.3 Å². The smallest absolute Gasteiger partial charge is 0.0347 e. The SMILES string of the molecule is Nc1ccc2scc(CNC3CCC3)c2c1. The molecule has 3 rings (SSSR count). The van der Waals surface area contributed by atoms with E-state index in [2.05, 4.69) is 22.8 Å². The zero-order valence-electron chi connectivity index (χ0n) is 9.20. The molecule has 0 saturated heterocycles. The quantitative estimate of drug-likeness (QED) is 0.798. The molecule has 1 saturated carbocycles. The lowest BCUT2D eigenvalue weighted by Crippen LogP contribution is -2.34. The van der Waals surface area contributed by atoms with Gasteiger partial charge in [-0.2, -0.15) is 0 Å². The molecule has 0 spiro atoms. The minimum absolute atomic E-state index is 0.746. The summed E-state index contributed by atoms with van der Waals surface area (Å²) in [5.41, 5.74) is 8.07. The Bertz CT molecular complexity index is 500. The van der Waals surface area contributed by atoms with Crippen molar-refractivity contribution in [2.24, 2.45) is 0 Å². The van der Waals surface area contributed by atoms with Crippen molar-refractivity contribution in [2.45, 2.75) is 31.8 Å². The average Bonchev–Trinajstić information content (AvgIpc) is 2.59. The summed E-state index contributed by atoms with van der Waals surface area (Å²) in [5.74, 6) is 0. The van der Waals surface area contributed by atoms with Crippen LogP contribution in [0.15, 0.2) is 23.6 Å². The largest absolute Gasteiger partial charge is 0.399 e. The molecule has 16 heavy (non-hydrogen) atoms. The summed E-state index contributed by atoms with van der Waals surface area (Å²) < 4.78 is 1.33. The highest BCUT2D eigenvalue weighted by molar-refractivity contribution is 7.17. The van der Waals surface area contributed by atoms with E-state index in [-0.39, 0.29) is 0 Å². The zero-order valence-corrected chi connectivity index (χ0v) is 10.0. The third-order valence-electron chi connectivity index (χ3n) is 3.36. The second kappa shape index (κ2) is 4.07. The molecule has 1 aliphatic carbocycles. The molecule has 84 valence electrons. The topological polar surface area (TPSA) is 38.0 Å². The summed E-state index contributed by atoms with van der Waals surface area (Å²) in [6.07, 6.45) is 4.06. The molecular weight excluding hydrogens is 216 g/mol. The van der Waals surface area contributed by atoms with Crippen LogP contribution in [0.25, 0.3) is 10.1 Å². The molecular formula is C13H16N2S. The number of rotatable bonds is 3. The molecule has 2 aromatic rings. The normalized spacial score (nSPS) is 16.5. The molecule has 3 N–H and O–H groups in total. The summed E-state index contributed by atoms with van der Waals surface area (Å²) in [7, 11) is 0. The number of nitrogens with one attached hydrogen (secondary N) is 1. The van der Waals surface area contributed by atoms with Gasteiger partial charge in [0.05, 0.1) is 0 Å². The Morgan fingerprint density at radius 2 is 2.25 bits per heavy atom. The number of benzene rings is 1. The lowest BCUT2D eigenvalue weighted by Gasteiger charge is -2.26. The molecule has 1 fully saturated rings. The van der Waals surface area contributed by atoms with Gasteiger partial charge >= 0.3 is 0 Å². The van der Waals surface area contributed by atoms with Crippen molar-refractivity contribution in [3.63, 3.8) is 0 Å². The van der Waals surface area contributed by atoms with E-state index in [0.717, 1.165) is 18.3 Å². The van der Waals surface area contributed by atoms with Gasteiger partial charge in [0.2, 0.25) is 0 Å². The van der Waals surface area contributed by atoms with Crippen molar-refractivity contribution in [3.8, 4) is 0 Å². The summed E-state index contributed by atoms with van der Waals surface area (Å²) >= 11 is 1.80. The lowest BCUT2D eigenvalue weighted by atomic mass is 9.93. The van der Waals surface area contributed by atoms with Gasteiger partial charge in [-0.15, -0.1) is 11.3 Å². The van der Waals surface area contributed by atoms with E-state index in [4.69, 9.17) is 5.73 Å². The number of nitrogens with two attached hydrogens (primary N) is 1. The minimum atomic E-state index is 0.746. The fraction of sp³-hybridized carbons (Fsp3) is 0.385. The van der Waals surface area contributed by atoms with Crippen molar-refractivity contribution < 1.29 is 0 Å². The highest BCUT2D eigenvalue weighted by Gasteiger charge is 2.16. The number of thiophene rings is 1. The van der Waals surface area contributed by atoms with Gasteiger partial charge in [0.25, 0.3) is 0 Å². The van der Waals surface area contributed by atoms with E-state index in [1.807, 2.05) is 6.07 Å². The third kappa shape index (κ3) is 1.81. The molecule has 0 amide bonds. The van der Waals surface area contributed by atoms with Crippen LogP contribution in [0, 0.1) is 0 Å². The van der Waals surface area contributed by atoms with Gasteiger partial charge in [-0.05, 0) is 47.4 Å². The first kappa shape index (κ1) is 10.1. The fourth-order valence-corrected chi connectivity index (χ4v) is 3.05. The monoisotopic (exact) mass is 232 g/mol. The maximum atomic E-state index is 5.83. The van der Waals surface area contributed by atoms with Gasteiger partial charge in [-0.3, -0.25) is 0 Å². The first-order valence-corrected chi connectivity index (χ1v) is 6.70. The lowest BCUT2D eigenvalue weighted by molar-refractivity contribution is 0.339. The van der Waals surface area contributed by atoms with E-state index in [1.165, 1.54) is 34.9 Å². The molecule has 0 unspecified atom stereocenters. The third-order valence-corrected chi connectivity index (χ3v) is 4.38. The molecule has 2 nitrogen and oxygen atoms in total. The highest BCUT2D eigenvalue weighted by atomic mass is 32.1. The predicted octanol–water partition coefficient (Wildman–Crippen LogP) is 3.13. The number of nitrogen functional groups attached to an aromatic ring is 1. The Balaban J connectivity index is 1.82. The second-order valence-electron chi connectivity index (χ2n) is 4.53. The van der Waals surface area contributed by atoms with Gasteiger partial charge in [-0.25, -0.2) is 0 Å². The van der Waals surface area contributed by atoms with Crippen LogP contribution in [0.2, 0.25) is 0 Å². The summed E-state index contributed by atoms with van der Waals surface area (Å²) in [6, 6.07) is 6.92. The van der Waals surface area contributed by atoms with E-state index < -0.39 is 0 Å². The van der Waals surface area contributed by atoms with Gasteiger partial charge in [0.1, 0.15) is 0 Å². The molecule has 0 aliphatic heterocycles. The maximum absolute atomic E-state index is 5.83. The Labute approximate surface area is 99.5 Å². The zero-order chi connectivity index (χ0) is 11.0. The molecule has 0 radical (unpaired) electrons. The van der Waals surface area contributed by atoms with E-state index in [0.29, 0.717) is 0 Å². The summed E-state index contributed by atoms with van der Waals surface area (Å²) in [6.45, 7) is 0.980. The average molecular weight is 232 g/mol. The number of hydrogen-bond donors (Lipinski definition) is 2. The fourth-order valence-electron chi connectivity index (χ4n) is 2.10. The van der Waals surface area contributed by atoms with Gasteiger partial charge in [0.15, 0.2) is 0 Å². The minimum Gasteiger partial charge on any atom is -0.399 e. The molecule has 0 atom stereocenters. The standard InChI is InChI=1S/C13H16N2S/c14-10-4-5-13-12(6-10)9(8-16-13)7-15-11-2-1-3-11/h4-6,8,11,15H,1-3,7,14H2. The first-order valence-electron chi connectivity index (χ1n) is 5.82. The Kier molecular flexibility index (Phi) is 2.58. The van der Waals surface area contributed by atoms with Crippen molar-refractivity contribution >= 4 is 27.1 Å². The van der Waals surface area contributed by atoms with Crippen LogP contribution >= 0.6 is 11.3 Å². The summed E-state index contributed by atoms with van der Waals surface area (Å²) in [4.78, 5) is 0. The van der Waals surface area contributed by atoms with Crippen molar-refractivity contribution in [3.05, 3.63) is 29.1 Å². The van der Waals surface area contributed by atoms with Crippen LogP contribution in [-0.2, 0) is 6.54 Å². The van der Waals surface area contributed by atoms with Crippen molar-refractivity contribution in [1.82, 2.24) is 5.32 Å². The summed E-state index contributed by atoms with van der Waals surface area (Å²) in [5, 5.41) is 7.16. The molecule has 1 aromatic carbocycles. The van der Waals surface area contributed by atoms with Crippen LogP contribution in [0.3, 0.4) is 0 Å². The number of hydrogen-bond acceptors (Lipinski definition) is 3. The van der Waals surface area contributed by atoms with Gasteiger partial charge < -0.3 is 11.1 Å². The highest BCUT2D eigenvalue weighted by Crippen LogP contribution is 2.28. The molecule has 3 heteroatoms. The van der Waals surface area contributed by atoms with Crippen LogP contribution in [0.4, 0.5) is 5.69 Å². The Morgan fingerprint density at radius 3 is 3.00 bits per heavy atom. The number of anilines is 1. The van der Waals surface area contributed by atoms with Crippen molar-refractivity contribution in [2.75, 3.05) is 5.73 Å². The second-order valence-corrected chi connectivity index (χ2v) is 5.44. The van der Waals surface area contributed by atoms with Crippen LogP contribution in [0.5, 0.6) is 0 Å². The van der Waals surface area contributed by atoms with Gasteiger partial charge in [-0.1, -0.05) is 6.42 Å². The molecule has 1 aromatic heterocycles. The van der Waals surface area contributed by atoms with E-state index >= 15 is 0 Å². The predicted molar refractivity (Wildman–Crippen MR) is 70.7 cm³/mol. The Morgan fingerprint density at radius 1 is 1.38 bits per heavy atom. The maximum Gasteiger partial charge on any atom is 0.0347 e. The van der Waals surface area contributed by atoms with Crippen LogP contribution < -0.4 is 11.1 Å². The van der Waals surface area contributed by atoms with Crippen molar-refractivity contribution in [1.29, 1.82) is 0 Å². The van der Waals surface area contributed by atoms with E-state index in [9.17, 15) is 0 Å². The Hall–Kier alpha value is -1.06. The number of fused-ring (bicyclic) bond motifs is 1. The van der Waals surface area contributed by atoms with Gasteiger partial charge in [0, 0.05) is 23.0 Å². The molecule has 1 heterocycles. The molecule has 1 aliphatic rings. The first-order chi connectivity index (χ1) is 7.83. The molecule has 0 bridgehead atoms. The van der Waals surface area contributed by atoms with Crippen LogP contribution in [0.1, 0.15) is 24.8 Å². The van der Waals surface area contributed by atoms with Crippen LogP contribution in [-0.4, -0.2) is 6.04 Å².